The minimum absolute atomic E-state index is 0.347. The Morgan fingerprint density at radius 2 is 2.11 bits per heavy atom. The van der Waals surface area contributed by atoms with E-state index in [-0.39, 0.29) is 5.56 Å². The van der Waals surface area contributed by atoms with Crippen molar-refractivity contribution in [2.45, 2.75) is 6.92 Å². The molecule has 0 unspecified atom stereocenters. The highest BCUT2D eigenvalue weighted by Gasteiger charge is 2.15. The van der Waals surface area contributed by atoms with E-state index in [2.05, 4.69) is 15.3 Å². The minimum atomic E-state index is -0.347. The number of methoxy groups -OCH3 is 1. The zero-order valence-electron chi connectivity index (χ0n) is 10.7. The van der Waals surface area contributed by atoms with Crippen molar-refractivity contribution in [2.24, 2.45) is 10.9 Å². The molecule has 0 aliphatic heterocycles. The fraction of sp³-hybridized carbons (Fsp3) is 0.154. The van der Waals surface area contributed by atoms with Crippen molar-refractivity contribution < 1.29 is 4.74 Å². The van der Waals surface area contributed by atoms with Gasteiger partial charge in [0.1, 0.15) is 11.5 Å². The van der Waals surface area contributed by atoms with Gasteiger partial charge in [-0.25, -0.2) is 5.10 Å². The van der Waals surface area contributed by atoms with Gasteiger partial charge in [0.2, 0.25) is 0 Å². The molecule has 0 atom stereocenters. The zero-order chi connectivity index (χ0) is 13.8. The number of H-pyrrole nitrogens is 1. The lowest BCUT2D eigenvalue weighted by molar-refractivity contribution is 0.414. The van der Waals surface area contributed by atoms with Gasteiger partial charge in [-0.05, 0) is 25.1 Å². The van der Waals surface area contributed by atoms with Crippen LogP contribution >= 0.6 is 0 Å². The number of hydrogen-bond acceptors (Lipinski definition) is 5. The maximum Gasteiger partial charge on any atom is 0.273 e. The van der Waals surface area contributed by atoms with Gasteiger partial charge in [-0.2, -0.15) is 10.2 Å². The normalized spacial score (nSPS) is 11.4. The number of rotatable bonds is 3. The Hall–Kier alpha value is -2.63. The van der Waals surface area contributed by atoms with Crippen molar-refractivity contribution in [2.75, 3.05) is 7.11 Å². The van der Waals surface area contributed by atoms with Crippen LogP contribution < -0.4 is 16.1 Å². The third kappa shape index (κ3) is 2.47. The molecule has 0 aliphatic rings. The topological polar surface area (TPSA) is 93.4 Å². The van der Waals surface area contributed by atoms with Gasteiger partial charge in [0.15, 0.2) is 0 Å². The molecular formula is C13H14N4O2. The molecule has 98 valence electrons. The molecule has 3 N–H and O–H groups in total. The molecule has 1 heterocycles. The summed E-state index contributed by atoms with van der Waals surface area (Å²) >= 11 is 0. The van der Waals surface area contributed by atoms with Gasteiger partial charge in [0, 0.05) is 5.56 Å². The largest absolute Gasteiger partial charge is 0.496 e. The van der Waals surface area contributed by atoms with Gasteiger partial charge >= 0.3 is 0 Å². The highest BCUT2D eigenvalue weighted by Crippen LogP contribution is 2.20. The van der Waals surface area contributed by atoms with Crippen LogP contribution in [-0.4, -0.2) is 23.0 Å². The molecule has 0 aliphatic carbocycles. The van der Waals surface area contributed by atoms with Crippen LogP contribution in [0.15, 0.2) is 40.2 Å². The summed E-state index contributed by atoms with van der Waals surface area (Å²) in [7, 11) is 1.55. The summed E-state index contributed by atoms with van der Waals surface area (Å²) < 4.78 is 5.26. The zero-order valence-corrected chi connectivity index (χ0v) is 10.7. The van der Waals surface area contributed by atoms with E-state index >= 15 is 0 Å². The van der Waals surface area contributed by atoms with Crippen LogP contribution in [0, 0.1) is 6.92 Å². The third-order valence-corrected chi connectivity index (χ3v) is 2.68. The fourth-order valence-corrected chi connectivity index (χ4v) is 1.81. The van der Waals surface area contributed by atoms with Gasteiger partial charge in [0.25, 0.3) is 5.56 Å². The molecule has 0 amide bonds. The molecule has 6 nitrogen and oxygen atoms in total. The number of hydrogen-bond donors (Lipinski definition) is 2. The first-order valence-corrected chi connectivity index (χ1v) is 5.65. The molecule has 0 saturated carbocycles. The monoisotopic (exact) mass is 258 g/mol. The van der Waals surface area contributed by atoms with Crippen LogP contribution in [0.4, 0.5) is 0 Å². The molecule has 6 heteroatoms. The van der Waals surface area contributed by atoms with Crippen LogP contribution in [0.2, 0.25) is 0 Å². The Balaban J connectivity index is 2.64. The molecule has 1 aromatic carbocycles. The van der Waals surface area contributed by atoms with Gasteiger partial charge in [0.05, 0.1) is 18.4 Å². The van der Waals surface area contributed by atoms with Crippen LogP contribution in [0.5, 0.6) is 5.75 Å². The van der Waals surface area contributed by atoms with Crippen molar-refractivity contribution in [1.29, 1.82) is 0 Å². The summed E-state index contributed by atoms with van der Waals surface area (Å²) in [4.78, 5) is 11.8. The number of para-hydroxylation sites is 1. The maximum atomic E-state index is 11.8. The average Bonchev–Trinajstić information content (AvgIpc) is 2.44. The Morgan fingerprint density at radius 1 is 1.37 bits per heavy atom. The SMILES string of the molecule is COc1ccccc1/C(=N\N)c1cc(C)n[nH]c1=O. The smallest absolute Gasteiger partial charge is 0.273 e. The first-order chi connectivity index (χ1) is 9.17. The molecule has 2 rings (SSSR count). The summed E-state index contributed by atoms with van der Waals surface area (Å²) in [5, 5.41) is 9.96. The number of benzene rings is 1. The third-order valence-electron chi connectivity index (χ3n) is 2.68. The second-order valence-electron chi connectivity index (χ2n) is 3.93. The first kappa shape index (κ1) is 12.8. The van der Waals surface area contributed by atoms with Crippen molar-refractivity contribution in [1.82, 2.24) is 10.2 Å². The molecule has 0 radical (unpaired) electrons. The highest BCUT2D eigenvalue weighted by molar-refractivity contribution is 6.14. The van der Waals surface area contributed by atoms with E-state index in [1.165, 1.54) is 0 Å². The Labute approximate surface area is 109 Å². The molecule has 2 aromatic rings. The molecule has 0 saturated heterocycles. The summed E-state index contributed by atoms with van der Waals surface area (Å²) in [5.41, 5.74) is 1.71. The standard InChI is InChI=1S/C13H14N4O2/c1-8-7-10(13(18)17-16-8)12(15-14)9-5-3-4-6-11(9)19-2/h3-7H,14H2,1-2H3,(H,17,18)/b15-12+. The van der Waals surface area contributed by atoms with Gasteiger partial charge < -0.3 is 10.6 Å². The van der Waals surface area contributed by atoms with Crippen LogP contribution in [-0.2, 0) is 0 Å². The van der Waals surface area contributed by atoms with Crippen molar-refractivity contribution in [3.8, 4) is 5.75 Å². The number of ether oxygens (including phenoxy) is 1. The summed E-state index contributed by atoms with van der Waals surface area (Å²) in [6.07, 6.45) is 0. The van der Waals surface area contributed by atoms with Crippen molar-refractivity contribution in [3.05, 3.63) is 57.5 Å². The lowest BCUT2D eigenvalue weighted by Gasteiger charge is -2.10. The van der Waals surface area contributed by atoms with Crippen LogP contribution in [0.1, 0.15) is 16.8 Å². The second kappa shape index (κ2) is 5.34. The number of nitrogens with one attached hydrogen (secondary N) is 1. The number of aryl methyl sites for hydroxylation is 1. The predicted octanol–water partition coefficient (Wildman–Crippen LogP) is 0.798. The Morgan fingerprint density at radius 3 is 2.79 bits per heavy atom. The number of aromatic amines is 1. The maximum absolute atomic E-state index is 11.8. The molecule has 1 aromatic heterocycles. The van der Waals surface area contributed by atoms with E-state index in [1.807, 2.05) is 12.1 Å². The van der Waals surface area contributed by atoms with E-state index in [9.17, 15) is 4.79 Å². The number of hydrazone groups is 1. The molecule has 0 spiro atoms. The van der Waals surface area contributed by atoms with Crippen molar-refractivity contribution in [3.63, 3.8) is 0 Å². The van der Waals surface area contributed by atoms with Gasteiger partial charge in [-0.1, -0.05) is 12.1 Å². The van der Waals surface area contributed by atoms with Gasteiger partial charge in [-0.15, -0.1) is 0 Å². The predicted molar refractivity (Wildman–Crippen MR) is 72.4 cm³/mol. The van der Waals surface area contributed by atoms with E-state index < -0.39 is 0 Å². The molecule has 0 bridgehead atoms. The first-order valence-electron chi connectivity index (χ1n) is 5.65. The number of aromatic nitrogens is 2. The average molecular weight is 258 g/mol. The van der Waals surface area contributed by atoms with E-state index in [1.54, 1.807) is 32.2 Å². The Kier molecular flexibility index (Phi) is 3.61. The summed E-state index contributed by atoms with van der Waals surface area (Å²) in [6.45, 7) is 1.77. The quantitative estimate of drug-likeness (QED) is 0.483. The highest BCUT2D eigenvalue weighted by atomic mass is 16.5. The van der Waals surface area contributed by atoms with E-state index in [0.717, 1.165) is 0 Å². The molecule has 0 fully saturated rings. The second-order valence-corrected chi connectivity index (χ2v) is 3.93. The minimum Gasteiger partial charge on any atom is -0.496 e. The Bertz CT molecular complexity index is 676. The van der Waals surface area contributed by atoms with Crippen molar-refractivity contribution >= 4 is 5.71 Å². The molecule has 19 heavy (non-hydrogen) atoms. The summed E-state index contributed by atoms with van der Waals surface area (Å²) in [5.74, 6) is 6.04. The van der Waals surface area contributed by atoms with E-state index in [0.29, 0.717) is 28.3 Å². The van der Waals surface area contributed by atoms with E-state index in [4.69, 9.17) is 10.6 Å². The fourth-order valence-electron chi connectivity index (χ4n) is 1.81. The molecular weight excluding hydrogens is 244 g/mol. The van der Waals surface area contributed by atoms with Gasteiger partial charge in [-0.3, -0.25) is 4.79 Å². The number of nitrogens with two attached hydrogens (primary N) is 1. The summed E-state index contributed by atoms with van der Waals surface area (Å²) in [6, 6.07) is 8.86. The lowest BCUT2D eigenvalue weighted by Crippen LogP contribution is -2.22. The number of nitrogens with zero attached hydrogens (tertiary/aromatic N) is 2. The van der Waals surface area contributed by atoms with Crippen LogP contribution in [0.3, 0.4) is 0 Å². The lowest BCUT2D eigenvalue weighted by atomic mass is 10.0. The van der Waals surface area contributed by atoms with Crippen LogP contribution in [0.25, 0.3) is 0 Å².